The second kappa shape index (κ2) is 9.54. The maximum atomic E-state index is 11.9. The molecule has 25 heavy (non-hydrogen) atoms. The van der Waals surface area contributed by atoms with Crippen molar-refractivity contribution in [3.8, 4) is 0 Å². The SMILES string of the molecule is CCOC(=O)CN(Cc1ccccc1)Cc1ccc(C(=O)OC)cn1. The summed E-state index contributed by atoms with van der Waals surface area (Å²) in [5, 5.41) is 0. The van der Waals surface area contributed by atoms with E-state index in [0.29, 0.717) is 25.3 Å². The van der Waals surface area contributed by atoms with Gasteiger partial charge in [-0.15, -0.1) is 0 Å². The number of rotatable bonds is 8. The Morgan fingerprint density at radius 1 is 1.08 bits per heavy atom. The van der Waals surface area contributed by atoms with Crippen molar-refractivity contribution in [3.63, 3.8) is 0 Å². The number of pyridine rings is 1. The molecule has 132 valence electrons. The fraction of sp³-hybridized carbons (Fsp3) is 0.316. The number of ether oxygens (including phenoxy) is 2. The van der Waals surface area contributed by atoms with Crippen molar-refractivity contribution in [2.24, 2.45) is 0 Å². The Morgan fingerprint density at radius 3 is 2.44 bits per heavy atom. The van der Waals surface area contributed by atoms with Gasteiger partial charge in [-0.3, -0.25) is 14.7 Å². The minimum Gasteiger partial charge on any atom is -0.465 e. The van der Waals surface area contributed by atoms with Crippen LogP contribution in [0.5, 0.6) is 0 Å². The first-order valence-corrected chi connectivity index (χ1v) is 8.07. The lowest BCUT2D eigenvalue weighted by atomic mass is 10.2. The van der Waals surface area contributed by atoms with Crippen molar-refractivity contribution in [3.05, 3.63) is 65.5 Å². The van der Waals surface area contributed by atoms with Crippen LogP contribution in [0.15, 0.2) is 48.7 Å². The van der Waals surface area contributed by atoms with Gasteiger partial charge in [0.25, 0.3) is 0 Å². The van der Waals surface area contributed by atoms with E-state index in [-0.39, 0.29) is 12.5 Å². The highest BCUT2D eigenvalue weighted by molar-refractivity contribution is 5.88. The molecule has 6 heteroatoms. The van der Waals surface area contributed by atoms with Gasteiger partial charge < -0.3 is 9.47 Å². The van der Waals surface area contributed by atoms with Gasteiger partial charge in [0.15, 0.2) is 0 Å². The van der Waals surface area contributed by atoms with E-state index in [2.05, 4.69) is 9.72 Å². The summed E-state index contributed by atoms with van der Waals surface area (Å²) in [5.74, 6) is -0.698. The number of methoxy groups -OCH3 is 1. The van der Waals surface area contributed by atoms with Crippen molar-refractivity contribution in [2.75, 3.05) is 20.3 Å². The number of hydrogen-bond donors (Lipinski definition) is 0. The number of nitrogens with zero attached hydrogens (tertiary/aromatic N) is 2. The Morgan fingerprint density at radius 2 is 1.84 bits per heavy atom. The first-order chi connectivity index (χ1) is 12.1. The summed E-state index contributed by atoms with van der Waals surface area (Å²) in [4.78, 5) is 29.6. The molecule has 2 rings (SSSR count). The highest BCUT2D eigenvalue weighted by Gasteiger charge is 2.14. The molecule has 1 aromatic heterocycles. The fourth-order valence-electron chi connectivity index (χ4n) is 2.38. The Hall–Kier alpha value is -2.73. The average molecular weight is 342 g/mol. The topological polar surface area (TPSA) is 68.7 Å². The summed E-state index contributed by atoms with van der Waals surface area (Å²) in [6.45, 7) is 3.37. The van der Waals surface area contributed by atoms with E-state index >= 15 is 0 Å². The Kier molecular flexibility index (Phi) is 7.10. The highest BCUT2D eigenvalue weighted by atomic mass is 16.5. The van der Waals surface area contributed by atoms with Crippen LogP contribution in [0.2, 0.25) is 0 Å². The summed E-state index contributed by atoms with van der Waals surface area (Å²) in [7, 11) is 1.33. The van der Waals surface area contributed by atoms with Crippen LogP contribution in [-0.4, -0.2) is 42.1 Å². The molecule has 0 saturated carbocycles. The molecule has 0 radical (unpaired) electrons. The number of hydrogen-bond acceptors (Lipinski definition) is 6. The van der Waals surface area contributed by atoms with Crippen LogP contribution in [0.25, 0.3) is 0 Å². The number of benzene rings is 1. The predicted octanol–water partition coefficient (Wildman–Crippen LogP) is 2.43. The molecular weight excluding hydrogens is 320 g/mol. The van der Waals surface area contributed by atoms with Gasteiger partial charge in [0.1, 0.15) is 0 Å². The van der Waals surface area contributed by atoms with Crippen molar-refractivity contribution in [2.45, 2.75) is 20.0 Å². The van der Waals surface area contributed by atoms with Crippen LogP contribution in [0.3, 0.4) is 0 Å². The third kappa shape index (κ3) is 6.00. The summed E-state index contributed by atoms with van der Waals surface area (Å²) in [6.07, 6.45) is 1.48. The van der Waals surface area contributed by atoms with E-state index in [1.807, 2.05) is 35.2 Å². The summed E-state index contributed by atoms with van der Waals surface area (Å²) < 4.78 is 9.72. The van der Waals surface area contributed by atoms with Gasteiger partial charge in [0.05, 0.1) is 31.5 Å². The van der Waals surface area contributed by atoms with Crippen LogP contribution in [0.1, 0.15) is 28.5 Å². The molecule has 0 amide bonds. The van der Waals surface area contributed by atoms with E-state index < -0.39 is 5.97 Å². The van der Waals surface area contributed by atoms with E-state index in [1.54, 1.807) is 19.1 Å². The second-order valence-electron chi connectivity index (χ2n) is 5.47. The maximum absolute atomic E-state index is 11.9. The number of esters is 2. The van der Waals surface area contributed by atoms with Gasteiger partial charge >= 0.3 is 11.9 Å². The van der Waals surface area contributed by atoms with Crippen LogP contribution in [0.4, 0.5) is 0 Å². The van der Waals surface area contributed by atoms with Crippen LogP contribution in [-0.2, 0) is 27.4 Å². The second-order valence-corrected chi connectivity index (χ2v) is 5.47. The van der Waals surface area contributed by atoms with Crippen molar-refractivity contribution >= 4 is 11.9 Å². The zero-order valence-electron chi connectivity index (χ0n) is 14.5. The van der Waals surface area contributed by atoms with Crippen LogP contribution >= 0.6 is 0 Å². The lowest BCUT2D eigenvalue weighted by molar-refractivity contribution is -0.144. The molecule has 0 saturated heterocycles. The molecule has 0 N–H and O–H groups in total. The minimum absolute atomic E-state index is 0.170. The first kappa shape index (κ1) is 18.6. The van der Waals surface area contributed by atoms with Gasteiger partial charge in [0, 0.05) is 19.3 Å². The zero-order valence-corrected chi connectivity index (χ0v) is 14.5. The Bertz CT molecular complexity index is 686. The molecule has 0 aliphatic carbocycles. The highest BCUT2D eigenvalue weighted by Crippen LogP contribution is 2.10. The van der Waals surface area contributed by atoms with E-state index in [9.17, 15) is 9.59 Å². The molecule has 1 aromatic carbocycles. The molecule has 0 aliphatic heterocycles. The van der Waals surface area contributed by atoms with Crippen molar-refractivity contribution in [1.29, 1.82) is 0 Å². The van der Waals surface area contributed by atoms with Gasteiger partial charge in [-0.1, -0.05) is 30.3 Å². The normalized spacial score (nSPS) is 10.5. The number of carbonyl (C=O) groups excluding carboxylic acids is 2. The van der Waals surface area contributed by atoms with Gasteiger partial charge in [-0.25, -0.2) is 4.79 Å². The van der Waals surface area contributed by atoms with E-state index in [0.717, 1.165) is 11.3 Å². The molecule has 0 bridgehead atoms. The first-order valence-electron chi connectivity index (χ1n) is 8.07. The summed E-state index contributed by atoms with van der Waals surface area (Å²) >= 11 is 0. The fourth-order valence-corrected chi connectivity index (χ4v) is 2.38. The molecule has 6 nitrogen and oxygen atoms in total. The van der Waals surface area contributed by atoms with Crippen molar-refractivity contribution in [1.82, 2.24) is 9.88 Å². The lowest BCUT2D eigenvalue weighted by Crippen LogP contribution is -2.30. The smallest absolute Gasteiger partial charge is 0.339 e. The largest absolute Gasteiger partial charge is 0.465 e. The van der Waals surface area contributed by atoms with Gasteiger partial charge in [-0.05, 0) is 24.6 Å². The van der Waals surface area contributed by atoms with Crippen molar-refractivity contribution < 1.29 is 19.1 Å². The quantitative estimate of drug-likeness (QED) is 0.686. The minimum atomic E-state index is -0.424. The summed E-state index contributed by atoms with van der Waals surface area (Å²) in [6, 6.07) is 13.3. The number of aromatic nitrogens is 1. The molecule has 2 aromatic rings. The van der Waals surface area contributed by atoms with Crippen LogP contribution < -0.4 is 0 Å². The Labute approximate surface area is 147 Å². The molecule has 1 heterocycles. The summed E-state index contributed by atoms with van der Waals surface area (Å²) in [5.41, 5.74) is 2.25. The molecule has 0 fully saturated rings. The number of carbonyl (C=O) groups is 2. The molecule has 0 spiro atoms. The molecule has 0 atom stereocenters. The molecule has 0 aliphatic rings. The third-order valence-corrected chi connectivity index (χ3v) is 3.54. The van der Waals surface area contributed by atoms with E-state index in [1.165, 1.54) is 13.3 Å². The molecule has 0 unspecified atom stereocenters. The standard InChI is InChI=1S/C19H22N2O4/c1-3-25-18(22)14-21(12-15-7-5-4-6-8-15)13-17-10-9-16(11-20-17)19(23)24-2/h4-11H,3,12-14H2,1-2H3. The lowest BCUT2D eigenvalue weighted by Gasteiger charge is -2.21. The monoisotopic (exact) mass is 342 g/mol. The van der Waals surface area contributed by atoms with E-state index in [4.69, 9.17) is 4.74 Å². The molecular formula is C19H22N2O4. The average Bonchev–Trinajstić information content (AvgIpc) is 2.62. The Balaban J connectivity index is 2.08. The van der Waals surface area contributed by atoms with Gasteiger partial charge in [0.2, 0.25) is 0 Å². The maximum Gasteiger partial charge on any atom is 0.339 e. The van der Waals surface area contributed by atoms with Crippen LogP contribution in [0, 0.1) is 0 Å². The third-order valence-electron chi connectivity index (χ3n) is 3.54. The zero-order chi connectivity index (χ0) is 18.1. The predicted molar refractivity (Wildman–Crippen MR) is 92.8 cm³/mol. The van der Waals surface area contributed by atoms with Gasteiger partial charge in [-0.2, -0.15) is 0 Å².